The molecule has 1 saturated heterocycles. The minimum absolute atomic E-state index is 0.709. The van der Waals surface area contributed by atoms with E-state index in [9.17, 15) is 0 Å². The van der Waals surface area contributed by atoms with Gasteiger partial charge in [-0.3, -0.25) is 4.90 Å². The molecule has 4 atom stereocenters. The van der Waals surface area contributed by atoms with Crippen LogP contribution in [0.15, 0.2) is 0 Å². The summed E-state index contributed by atoms with van der Waals surface area (Å²) >= 11 is 0. The minimum atomic E-state index is 0.709. The van der Waals surface area contributed by atoms with Gasteiger partial charge in [0.25, 0.3) is 0 Å². The van der Waals surface area contributed by atoms with Crippen LogP contribution in [0, 0.1) is 5.92 Å². The molecule has 1 heterocycles. The highest BCUT2D eigenvalue weighted by Crippen LogP contribution is 2.29. The van der Waals surface area contributed by atoms with Crippen LogP contribution in [0.3, 0.4) is 0 Å². The Kier molecular flexibility index (Phi) is 5.05. The molecular formula is C15H31N3. The molecule has 1 aliphatic heterocycles. The molecule has 0 radical (unpaired) electrons. The van der Waals surface area contributed by atoms with Gasteiger partial charge >= 0.3 is 0 Å². The summed E-state index contributed by atoms with van der Waals surface area (Å²) in [5, 5.41) is 3.73. The van der Waals surface area contributed by atoms with E-state index in [2.05, 4.69) is 42.9 Å². The first kappa shape index (κ1) is 14.3. The van der Waals surface area contributed by atoms with Crippen molar-refractivity contribution in [3.05, 3.63) is 0 Å². The standard InChI is InChI=1S/C15H31N3/c1-5-16-14-7-6-12(2)10-15(14)18-9-8-17(4)11-13(18)3/h12-16H,5-11H2,1-4H3. The van der Waals surface area contributed by atoms with Gasteiger partial charge in [0.05, 0.1) is 0 Å². The van der Waals surface area contributed by atoms with Gasteiger partial charge < -0.3 is 10.2 Å². The Hall–Kier alpha value is -0.120. The zero-order valence-corrected chi connectivity index (χ0v) is 12.7. The quantitative estimate of drug-likeness (QED) is 0.827. The molecule has 0 aromatic heterocycles. The predicted molar refractivity (Wildman–Crippen MR) is 77.9 cm³/mol. The second kappa shape index (κ2) is 6.36. The molecule has 1 N–H and O–H groups in total. The van der Waals surface area contributed by atoms with Gasteiger partial charge in [0, 0.05) is 37.8 Å². The lowest BCUT2D eigenvalue weighted by Crippen LogP contribution is -2.61. The Labute approximate surface area is 113 Å². The molecule has 0 aromatic rings. The van der Waals surface area contributed by atoms with Gasteiger partial charge in [-0.25, -0.2) is 0 Å². The Morgan fingerprint density at radius 3 is 2.61 bits per heavy atom. The Morgan fingerprint density at radius 1 is 1.17 bits per heavy atom. The zero-order valence-electron chi connectivity index (χ0n) is 12.7. The molecule has 3 heteroatoms. The smallest absolute Gasteiger partial charge is 0.0255 e. The molecule has 0 spiro atoms. The largest absolute Gasteiger partial charge is 0.313 e. The van der Waals surface area contributed by atoms with Crippen molar-refractivity contribution < 1.29 is 0 Å². The van der Waals surface area contributed by atoms with Gasteiger partial charge in [0.15, 0.2) is 0 Å². The van der Waals surface area contributed by atoms with Crippen LogP contribution in [-0.4, -0.2) is 61.2 Å². The molecular weight excluding hydrogens is 222 g/mol. The molecule has 0 aromatic carbocycles. The van der Waals surface area contributed by atoms with Crippen LogP contribution in [0.1, 0.15) is 40.0 Å². The maximum absolute atomic E-state index is 3.73. The number of likely N-dealkylation sites (N-methyl/N-ethyl adjacent to an activating group) is 2. The predicted octanol–water partition coefficient (Wildman–Crippen LogP) is 1.79. The van der Waals surface area contributed by atoms with Gasteiger partial charge in [0.1, 0.15) is 0 Å². The van der Waals surface area contributed by atoms with Gasteiger partial charge in [0.2, 0.25) is 0 Å². The van der Waals surface area contributed by atoms with E-state index in [-0.39, 0.29) is 0 Å². The van der Waals surface area contributed by atoms with E-state index >= 15 is 0 Å². The average molecular weight is 253 g/mol. The summed E-state index contributed by atoms with van der Waals surface area (Å²) in [6.45, 7) is 11.9. The third-order valence-corrected chi connectivity index (χ3v) is 4.85. The van der Waals surface area contributed by atoms with E-state index in [1.807, 2.05) is 0 Å². The van der Waals surface area contributed by atoms with Crippen molar-refractivity contribution in [3.63, 3.8) is 0 Å². The topological polar surface area (TPSA) is 18.5 Å². The van der Waals surface area contributed by atoms with E-state index in [0.29, 0.717) is 6.04 Å². The van der Waals surface area contributed by atoms with Crippen LogP contribution in [0.2, 0.25) is 0 Å². The highest BCUT2D eigenvalue weighted by atomic mass is 15.3. The minimum Gasteiger partial charge on any atom is -0.313 e. The molecule has 1 aliphatic carbocycles. The number of hydrogen-bond acceptors (Lipinski definition) is 3. The van der Waals surface area contributed by atoms with Crippen molar-refractivity contribution in [2.24, 2.45) is 5.92 Å². The van der Waals surface area contributed by atoms with Gasteiger partial charge in [-0.05, 0) is 45.7 Å². The maximum Gasteiger partial charge on any atom is 0.0255 e. The molecule has 106 valence electrons. The monoisotopic (exact) mass is 253 g/mol. The second-order valence-corrected chi connectivity index (χ2v) is 6.50. The summed E-state index contributed by atoms with van der Waals surface area (Å²) in [4.78, 5) is 5.25. The van der Waals surface area contributed by atoms with Gasteiger partial charge in [-0.2, -0.15) is 0 Å². The van der Waals surface area contributed by atoms with Crippen molar-refractivity contribution in [2.75, 3.05) is 33.2 Å². The lowest BCUT2D eigenvalue weighted by atomic mass is 9.81. The third kappa shape index (κ3) is 3.25. The molecule has 0 amide bonds. The number of rotatable bonds is 3. The van der Waals surface area contributed by atoms with Crippen LogP contribution >= 0.6 is 0 Å². The molecule has 0 bridgehead atoms. The first-order valence-corrected chi connectivity index (χ1v) is 7.79. The van der Waals surface area contributed by atoms with Crippen molar-refractivity contribution in [3.8, 4) is 0 Å². The lowest BCUT2D eigenvalue weighted by molar-refractivity contribution is 0.0209. The highest BCUT2D eigenvalue weighted by Gasteiger charge is 2.36. The lowest BCUT2D eigenvalue weighted by Gasteiger charge is -2.48. The maximum atomic E-state index is 3.73. The molecule has 2 rings (SSSR count). The second-order valence-electron chi connectivity index (χ2n) is 6.50. The van der Waals surface area contributed by atoms with E-state index < -0.39 is 0 Å². The summed E-state index contributed by atoms with van der Waals surface area (Å²) in [6, 6.07) is 2.19. The first-order chi connectivity index (χ1) is 8.61. The van der Waals surface area contributed by atoms with Crippen LogP contribution in [0.25, 0.3) is 0 Å². The number of piperazine rings is 1. The number of nitrogens with one attached hydrogen (secondary N) is 1. The summed E-state index contributed by atoms with van der Waals surface area (Å²) in [5.74, 6) is 0.900. The normalized spacial score (nSPS) is 40.0. The Morgan fingerprint density at radius 2 is 1.94 bits per heavy atom. The van der Waals surface area contributed by atoms with E-state index in [4.69, 9.17) is 0 Å². The molecule has 1 saturated carbocycles. The zero-order chi connectivity index (χ0) is 13.1. The SMILES string of the molecule is CCNC1CCC(C)CC1N1CCN(C)CC1C. The van der Waals surface area contributed by atoms with Crippen molar-refractivity contribution >= 4 is 0 Å². The van der Waals surface area contributed by atoms with Crippen LogP contribution in [0.5, 0.6) is 0 Å². The van der Waals surface area contributed by atoms with Gasteiger partial charge in [-0.15, -0.1) is 0 Å². The van der Waals surface area contributed by atoms with Crippen molar-refractivity contribution in [2.45, 2.75) is 58.2 Å². The van der Waals surface area contributed by atoms with Crippen LogP contribution in [0.4, 0.5) is 0 Å². The summed E-state index contributed by atoms with van der Waals surface area (Å²) in [7, 11) is 2.25. The van der Waals surface area contributed by atoms with Crippen LogP contribution in [-0.2, 0) is 0 Å². The molecule has 3 nitrogen and oxygen atoms in total. The number of hydrogen-bond donors (Lipinski definition) is 1. The molecule has 2 fully saturated rings. The van der Waals surface area contributed by atoms with E-state index in [1.54, 1.807) is 0 Å². The van der Waals surface area contributed by atoms with E-state index in [0.717, 1.165) is 24.5 Å². The average Bonchev–Trinajstić information content (AvgIpc) is 2.32. The van der Waals surface area contributed by atoms with Crippen molar-refractivity contribution in [1.29, 1.82) is 0 Å². The fraction of sp³-hybridized carbons (Fsp3) is 1.00. The van der Waals surface area contributed by atoms with Crippen molar-refractivity contribution in [1.82, 2.24) is 15.1 Å². The summed E-state index contributed by atoms with van der Waals surface area (Å²) < 4.78 is 0. The molecule has 18 heavy (non-hydrogen) atoms. The number of nitrogens with zero attached hydrogens (tertiary/aromatic N) is 2. The van der Waals surface area contributed by atoms with Gasteiger partial charge in [-0.1, -0.05) is 13.8 Å². The Balaban J connectivity index is 2.02. The van der Waals surface area contributed by atoms with Crippen LogP contribution < -0.4 is 5.32 Å². The first-order valence-electron chi connectivity index (χ1n) is 7.79. The Bertz CT molecular complexity index is 256. The fourth-order valence-corrected chi connectivity index (χ4v) is 3.86. The highest BCUT2D eigenvalue weighted by molar-refractivity contribution is 4.94. The fourth-order valence-electron chi connectivity index (χ4n) is 3.86. The molecule has 4 unspecified atom stereocenters. The third-order valence-electron chi connectivity index (χ3n) is 4.85. The summed E-state index contributed by atoms with van der Waals surface area (Å²) in [5.41, 5.74) is 0. The summed E-state index contributed by atoms with van der Waals surface area (Å²) in [6.07, 6.45) is 4.14. The molecule has 2 aliphatic rings. The van der Waals surface area contributed by atoms with E-state index in [1.165, 1.54) is 38.9 Å².